The minimum atomic E-state index is -2.97. The molecule has 1 aliphatic heterocycles. The number of piperazine rings is 1. The largest absolute Gasteiger partial charge is 0.355 e. The van der Waals surface area contributed by atoms with Crippen LogP contribution in [0.15, 0.2) is 0 Å². The van der Waals surface area contributed by atoms with E-state index in [1.807, 2.05) is 11.8 Å². The number of sulfone groups is 1. The van der Waals surface area contributed by atoms with E-state index < -0.39 is 9.84 Å². The number of amides is 1. The molecule has 0 aliphatic carbocycles. The van der Waals surface area contributed by atoms with Crippen LogP contribution in [0.4, 0.5) is 0 Å². The van der Waals surface area contributed by atoms with E-state index in [1.165, 1.54) is 0 Å². The molecule has 0 aromatic heterocycles. The molecule has 1 rings (SSSR count). The summed E-state index contributed by atoms with van der Waals surface area (Å²) in [5, 5.41) is 5.95. The lowest BCUT2D eigenvalue weighted by molar-refractivity contribution is -0.126. The molecule has 1 fully saturated rings. The molecule has 1 unspecified atom stereocenters. The molecule has 0 aromatic rings. The molecule has 7 heteroatoms. The van der Waals surface area contributed by atoms with Crippen LogP contribution < -0.4 is 10.6 Å². The Morgan fingerprint density at radius 1 is 1.44 bits per heavy atom. The van der Waals surface area contributed by atoms with Crippen LogP contribution in [0, 0.1) is 0 Å². The Hall–Kier alpha value is -0.660. The number of likely N-dealkylation sites (N-methyl/N-ethyl adjacent to an activating group) is 1. The van der Waals surface area contributed by atoms with Crippen LogP contribution in [-0.4, -0.2) is 69.5 Å². The van der Waals surface area contributed by atoms with Crippen molar-refractivity contribution < 1.29 is 13.2 Å². The van der Waals surface area contributed by atoms with Crippen molar-refractivity contribution in [3.05, 3.63) is 0 Å². The van der Waals surface area contributed by atoms with Crippen molar-refractivity contribution >= 4 is 15.7 Å². The Balaban J connectivity index is 2.57. The molecule has 0 aromatic carbocycles. The molecular weight excluding hydrogens is 254 g/mol. The fourth-order valence-electron chi connectivity index (χ4n) is 1.97. The molecular formula is C11H23N3O3S. The summed E-state index contributed by atoms with van der Waals surface area (Å²) in [5.74, 6) is 0.253. The van der Waals surface area contributed by atoms with Crippen LogP contribution >= 0.6 is 0 Å². The Bertz CT molecular complexity index is 370. The number of carbonyl (C=O) groups is 1. The maximum Gasteiger partial charge on any atom is 0.238 e. The van der Waals surface area contributed by atoms with Crippen molar-refractivity contribution in [3.63, 3.8) is 0 Å². The van der Waals surface area contributed by atoms with E-state index in [9.17, 15) is 13.2 Å². The zero-order chi connectivity index (χ0) is 13.6. The Morgan fingerprint density at radius 3 is 2.78 bits per heavy atom. The van der Waals surface area contributed by atoms with Gasteiger partial charge in [-0.15, -0.1) is 0 Å². The zero-order valence-corrected chi connectivity index (χ0v) is 11.9. The molecule has 0 spiro atoms. The fourth-order valence-corrected chi connectivity index (χ4v) is 2.77. The average Bonchev–Trinajstić information content (AvgIpc) is 2.37. The number of hydrogen-bond acceptors (Lipinski definition) is 5. The van der Waals surface area contributed by atoms with E-state index in [0.29, 0.717) is 26.2 Å². The third kappa shape index (κ3) is 4.55. The summed E-state index contributed by atoms with van der Waals surface area (Å²) >= 11 is 0. The molecule has 0 bridgehead atoms. The van der Waals surface area contributed by atoms with Crippen LogP contribution in [0.25, 0.3) is 0 Å². The standard InChI is InChI=1S/C11H23N3O3S/c1-3-13-11(15)10-9-12-5-6-14(10)7-8-18(16,17)4-2/h10,12H,3-9H2,1-2H3,(H,13,15). The third-order valence-electron chi connectivity index (χ3n) is 3.14. The van der Waals surface area contributed by atoms with Crippen molar-refractivity contribution in [3.8, 4) is 0 Å². The van der Waals surface area contributed by atoms with Gasteiger partial charge in [-0.3, -0.25) is 9.69 Å². The Kier molecular flexibility index (Phi) is 6.04. The molecule has 106 valence electrons. The minimum Gasteiger partial charge on any atom is -0.355 e. The lowest BCUT2D eigenvalue weighted by atomic mass is 10.2. The van der Waals surface area contributed by atoms with Crippen LogP contribution in [-0.2, 0) is 14.6 Å². The normalized spacial score (nSPS) is 21.8. The highest BCUT2D eigenvalue weighted by atomic mass is 32.2. The van der Waals surface area contributed by atoms with Crippen LogP contribution in [0.5, 0.6) is 0 Å². The van der Waals surface area contributed by atoms with Gasteiger partial charge in [0.05, 0.1) is 5.75 Å². The van der Waals surface area contributed by atoms with Gasteiger partial charge in [0.1, 0.15) is 6.04 Å². The molecule has 6 nitrogen and oxygen atoms in total. The number of nitrogens with one attached hydrogen (secondary N) is 2. The number of rotatable bonds is 6. The minimum absolute atomic E-state index is 0.0291. The Morgan fingerprint density at radius 2 is 2.17 bits per heavy atom. The summed E-state index contributed by atoms with van der Waals surface area (Å²) in [6, 6.07) is -0.259. The van der Waals surface area contributed by atoms with E-state index in [-0.39, 0.29) is 23.5 Å². The maximum atomic E-state index is 11.9. The van der Waals surface area contributed by atoms with Gasteiger partial charge in [0.2, 0.25) is 5.91 Å². The summed E-state index contributed by atoms with van der Waals surface area (Å²) < 4.78 is 23.0. The van der Waals surface area contributed by atoms with Gasteiger partial charge in [0.15, 0.2) is 9.84 Å². The van der Waals surface area contributed by atoms with E-state index in [2.05, 4.69) is 10.6 Å². The number of hydrogen-bond donors (Lipinski definition) is 2. The molecule has 0 saturated carbocycles. The average molecular weight is 277 g/mol. The topological polar surface area (TPSA) is 78.5 Å². The van der Waals surface area contributed by atoms with Gasteiger partial charge in [0.25, 0.3) is 0 Å². The molecule has 1 aliphatic rings. The van der Waals surface area contributed by atoms with Gasteiger partial charge in [0, 0.05) is 38.5 Å². The van der Waals surface area contributed by atoms with Gasteiger partial charge < -0.3 is 10.6 Å². The van der Waals surface area contributed by atoms with E-state index in [4.69, 9.17) is 0 Å². The highest BCUT2D eigenvalue weighted by Gasteiger charge is 2.28. The van der Waals surface area contributed by atoms with Gasteiger partial charge >= 0.3 is 0 Å². The van der Waals surface area contributed by atoms with Crippen LogP contribution in [0.2, 0.25) is 0 Å². The number of nitrogens with zero attached hydrogens (tertiary/aromatic N) is 1. The fraction of sp³-hybridized carbons (Fsp3) is 0.909. The van der Waals surface area contributed by atoms with E-state index in [1.54, 1.807) is 6.92 Å². The lowest BCUT2D eigenvalue weighted by Gasteiger charge is -2.34. The summed E-state index contributed by atoms with van der Waals surface area (Å²) in [6.45, 7) is 6.63. The third-order valence-corrected chi connectivity index (χ3v) is 4.82. The summed E-state index contributed by atoms with van der Waals surface area (Å²) in [6.07, 6.45) is 0. The summed E-state index contributed by atoms with van der Waals surface area (Å²) in [4.78, 5) is 13.8. The predicted molar refractivity (Wildman–Crippen MR) is 71.2 cm³/mol. The highest BCUT2D eigenvalue weighted by molar-refractivity contribution is 7.91. The Labute approximate surface area is 109 Å². The smallest absolute Gasteiger partial charge is 0.238 e. The van der Waals surface area contributed by atoms with Gasteiger partial charge in [-0.2, -0.15) is 0 Å². The first-order valence-electron chi connectivity index (χ1n) is 6.43. The van der Waals surface area contributed by atoms with Gasteiger partial charge in [-0.05, 0) is 6.92 Å². The van der Waals surface area contributed by atoms with Crippen LogP contribution in [0.1, 0.15) is 13.8 Å². The maximum absolute atomic E-state index is 11.9. The number of carbonyl (C=O) groups excluding carboxylic acids is 1. The molecule has 1 heterocycles. The molecule has 1 saturated heterocycles. The van der Waals surface area contributed by atoms with Gasteiger partial charge in [-0.1, -0.05) is 6.92 Å². The van der Waals surface area contributed by atoms with Crippen molar-refractivity contribution in [2.75, 3.05) is 44.2 Å². The first-order valence-corrected chi connectivity index (χ1v) is 8.25. The second-order valence-electron chi connectivity index (χ2n) is 4.39. The molecule has 18 heavy (non-hydrogen) atoms. The van der Waals surface area contributed by atoms with Crippen LogP contribution in [0.3, 0.4) is 0 Å². The quantitative estimate of drug-likeness (QED) is 0.640. The van der Waals surface area contributed by atoms with Crippen molar-refractivity contribution in [2.45, 2.75) is 19.9 Å². The first kappa shape index (κ1) is 15.4. The zero-order valence-electron chi connectivity index (χ0n) is 11.1. The molecule has 1 amide bonds. The van der Waals surface area contributed by atoms with Crippen molar-refractivity contribution in [1.82, 2.24) is 15.5 Å². The SMILES string of the molecule is CCNC(=O)C1CNCCN1CCS(=O)(=O)CC. The van der Waals surface area contributed by atoms with Crippen molar-refractivity contribution in [2.24, 2.45) is 0 Å². The summed E-state index contributed by atoms with van der Waals surface area (Å²) in [7, 11) is -2.97. The molecule has 2 N–H and O–H groups in total. The predicted octanol–water partition coefficient (Wildman–Crippen LogP) is -1.17. The van der Waals surface area contributed by atoms with E-state index in [0.717, 1.165) is 6.54 Å². The monoisotopic (exact) mass is 277 g/mol. The molecule has 0 radical (unpaired) electrons. The molecule has 1 atom stereocenters. The highest BCUT2D eigenvalue weighted by Crippen LogP contribution is 2.04. The van der Waals surface area contributed by atoms with Crippen molar-refractivity contribution in [1.29, 1.82) is 0 Å². The first-order chi connectivity index (χ1) is 8.50. The summed E-state index contributed by atoms with van der Waals surface area (Å²) in [5.41, 5.74) is 0. The second kappa shape index (κ2) is 7.06. The van der Waals surface area contributed by atoms with Gasteiger partial charge in [-0.25, -0.2) is 8.42 Å². The second-order valence-corrected chi connectivity index (χ2v) is 6.86. The lowest BCUT2D eigenvalue weighted by Crippen LogP contribution is -2.58. The van der Waals surface area contributed by atoms with E-state index >= 15 is 0 Å².